The number of nitrogens with zero attached hydrogens (tertiary/aromatic N) is 2. The van der Waals surface area contributed by atoms with Gasteiger partial charge >= 0.3 is 0 Å². The Labute approximate surface area is 115 Å². The van der Waals surface area contributed by atoms with Crippen LogP contribution in [-0.2, 0) is 6.42 Å². The van der Waals surface area contributed by atoms with Gasteiger partial charge in [-0.25, -0.2) is 4.98 Å². The molecule has 0 aliphatic carbocycles. The lowest BCUT2D eigenvalue weighted by Gasteiger charge is -2.01. The molecule has 96 valence electrons. The summed E-state index contributed by atoms with van der Waals surface area (Å²) in [5.41, 5.74) is 15.2. The van der Waals surface area contributed by atoms with Gasteiger partial charge in [-0.1, -0.05) is 41.9 Å². The summed E-state index contributed by atoms with van der Waals surface area (Å²) in [4.78, 5) is 4.50. The van der Waals surface area contributed by atoms with Crippen LogP contribution in [0.2, 0.25) is 5.02 Å². The summed E-state index contributed by atoms with van der Waals surface area (Å²) in [5.74, 6) is 0.577. The van der Waals surface area contributed by atoms with Gasteiger partial charge in [0.15, 0.2) is 5.65 Å². The summed E-state index contributed by atoms with van der Waals surface area (Å²) in [6.45, 7) is 0. The first-order valence-electron chi connectivity index (χ1n) is 5.90. The molecule has 1 aromatic carbocycles. The van der Waals surface area contributed by atoms with Gasteiger partial charge in [0.25, 0.3) is 0 Å². The Kier molecular flexibility index (Phi) is 2.80. The van der Waals surface area contributed by atoms with E-state index >= 15 is 0 Å². The fourth-order valence-corrected chi connectivity index (χ4v) is 2.33. The van der Waals surface area contributed by atoms with Gasteiger partial charge in [0, 0.05) is 12.6 Å². The van der Waals surface area contributed by atoms with E-state index in [9.17, 15) is 0 Å². The van der Waals surface area contributed by atoms with Crippen molar-refractivity contribution in [2.45, 2.75) is 6.42 Å². The Morgan fingerprint density at radius 1 is 1.16 bits per heavy atom. The Hall–Kier alpha value is -2.20. The molecule has 5 heteroatoms. The molecule has 0 atom stereocenters. The van der Waals surface area contributed by atoms with Gasteiger partial charge < -0.3 is 11.5 Å². The molecule has 0 saturated heterocycles. The number of hydrogen-bond acceptors (Lipinski definition) is 3. The van der Waals surface area contributed by atoms with Gasteiger partial charge in [-0.05, 0) is 11.6 Å². The van der Waals surface area contributed by atoms with E-state index in [4.69, 9.17) is 23.1 Å². The number of imidazole rings is 1. The first-order valence-corrected chi connectivity index (χ1v) is 6.28. The van der Waals surface area contributed by atoms with Gasteiger partial charge in [-0.15, -0.1) is 0 Å². The number of nitrogen functional groups attached to an aromatic ring is 2. The Bertz CT molecular complexity index is 734. The average Bonchev–Trinajstić information content (AvgIpc) is 2.69. The molecule has 4 nitrogen and oxygen atoms in total. The van der Waals surface area contributed by atoms with Gasteiger partial charge in [0.2, 0.25) is 0 Å². The van der Waals surface area contributed by atoms with Crippen LogP contribution in [-0.4, -0.2) is 9.38 Å². The van der Waals surface area contributed by atoms with E-state index in [1.54, 1.807) is 16.7 Å². The van der Waals surface area contributed by atoms with E-state index in [0.717, 1.165) is 11.3 Å². The lowest BCUT2D eigenvalue weighted by Crippen LogP contribution is -1.98. The molecule has 3 aromatic rings. The summed E-state index contributed by atoms with van der Waals surface area (Å²) < 4.78 is 1.73. The molecule has 0 bridgehead atoms. The summed E-state index contributed by atoms with van der Waals surface area (Å²) >= 11 is 5.98. The maximum absolute atomic E-state index is 6.11. The monoisotopic (exact) mass is 272 g/mol. The molecule has 3 rings (SSSR count). The van der Waals surface area contributed by atoms with Crippen molar-refractivity contribution in [2.24, 2.45) is 0 Å². The minimum absolute atomic E-state index is 0.526. The summed E-state index contributed by atoms with van der Waals surface area (Å²) in [5, 5.41) is 0.542. The lowest BCUT2D eigenvalue weighted by molar-refractivity contribution is 1.12. The number of rotatable bonds is 2. The maximum atomic E-state index is 6.11. The minimum atomic E-state index is 0.526. The lowest BCUT2D eigenvalue weighted by atomic mass is 10.1. The minimum Gasteiger partial charge on any atom is -0.396 e. The molecular formula is C14H13ClN4. The van der Waals surface area contributed by atoms with Gasteiger partial charge in [-0.3, -0.25) is 4.40 Å². The van der Waals surface area contributed by atoms with Crippen molar-refractivity contribution in [2.75, 3.05) is 11.5 Å². The van der Waals surface area contributed by atoms with Crippen LogP contribution in [0.5, 0.6) is 0 Å². The van der Waals surface area contributed by atoms with Crippen molar-refractivity contribution in [3.63, 3.8) is 0 Å². The molecule has 19 heavy (non-hydrogen) atoms. The quantitative estimate of drug-likeness (QED) is 0.754. The number of halogens is 1. The van der Waals surface area contributed by atoms with E-state index in [2.05, 4.69) is 4.98 Å². The summed E-state index contributed by atoms with van der Waals surface area (Å²) in [7, 11) is 0. The Morgan fingerprint density at radius 2 is 1.89 bits per heavy atom. The van der Waals surface area contributed by atoms with E-state index in [1.165, 1.54) is 0 Å². The second kappa shape index (κ2) is 4.48. The molecule has 0 aliphatic heterocycles. The van der Waals surface area contributed by atoms with Crippen LogP contribution in [0, 0.1) is 0 Å². The average molecular weight is 273 g/mol. The highest BCUT2D eigenvalue weighted by Crippen LogP contribution is 2.25. The molecule has 2 aromatic heterocycles. The highest BCUT2D eigenvalue weighted by Gasteiger charge is 2.12. The molecule has 0 amide bonds. The third-order valence-electron chi connectivity index (χ3n) is 3.04. The van der Waals surface area contributed by atoms with Gasteiger partial charge in [-0.2, -0.15) is 0 Å². The standard InChI is InChI=1S/C14H13ClN4/c15-10-7-11(16)14-18-12(13(17)19(14)8-10)6-9-4-2-1-3-5-9/h1-5,7-8H,6,16-17H2. The molecule has 4 N–H and O–H groups in total. The fourth-order valence-electron chi connectivity index (χ4n) is 2.12. The van der Waals surface area contributed by atoms with Crippen LogP contribution in [0.15, 0.2) is 42.6 Å². The van der Waals surface area contributed by atoms with E-state index in [1.807, 2.05) is 30.3 Å². The second-order valence-electron chi connectivity index (χ2n) is 4.41. The van der Waals surface area contributed by atoms with Crippen LogP contribution in [0.4, 0.5) is 11.5 Å². The van der Waals surface area contributed by atoms with E-state index < -0.39 is 0 Å². The molecule has 2 heterocycles. The number of benzene rings is 1. The molecule has 0 unspecified atom stereocenters. The highest BCUT2D eigenvalue weighted by atomic mass is 35.5. The molecule has 0 aliphatic rings. The SMILES string of the molecule is Nc1cc(Cl)cn2c(N)c(Cc3ccccc3)nc12. The summed E-state index contributed by atoms with van der Waals surface area (Å²) in [6.07, 6.45) is 2.40. The molecule has 0 radical (unpaired) electrons. The van der Waals surface area contributed by atoms with Crippen molar-refractivity contribution in [1.82, 2.24) is 9.38 Å². The number of anilines is 2. The van der Waals surface area contributed by atoms with Gasteiger partial charge in [0.05, 0.1) is 16.4 Å². The van der Waals surface area contributed by atoms with Crippen molar-refractivity contribution in [3.8, 4) is 0 Å². The van der Waals surface area contributed by atoms with E-state index in [-0.39, 0.29) is 0 Å². The molecule has 0 spiro atoms. The smallest absolute Gasteiger partial charge is 0.162 e. The van der Waals surface area contributed by atoms with Gasteiger partial charge in [0.1, 0.15) is 5.82 Å². The zero-order chi connectivity index (χ0) is 13.4. The normalized spacial score (nSPS) is 11.0. The number of fused-ring (bicyclic) bond motifs is 1. The predicted octanol–water partition coefficient (Wildman–Crippen LogP) is 2.74. The first kappa shape index (κ1) is 11.9. The largest absolute Gasteiger partial charge is 0.396 e. The highest BCUT2D eigenvalue weighted by molar-refractivity contribution is 6.30. The first-order chi connectivity index (χ1) is 9.15. The molecule has 0 fully saturated rings. The van der Waals surface area contributed by atoms with Crippen LogP contribution in [0.3, 0.4) is 0 Å². The maximum Gasteiger partial charge on any atom is 0.162 e. The van der Waals surface area contributed by atoms with E-state index in [0.29, 0.717) is 28.6 Å². The number of aromatic nitrogens is 2. The van der Waals surface area contributed by atoms with Crippen LogP contribution in [0.1, 0.15) is 11.3 Å². The Balaban J connectivity index is 2.10. The van der Waals surface area contributed by atoms with Crippen LogP contribution >= 0.6 is 11.6 Å². The topological polar surface area (TPSA) is 69.3 Å². The molecule has 0 saturated carbocycles. The zero-order valence-electron chi connectivity index (χ0n) is 10.2. The van der Waals surface area contributed by atoms with Crippen LogP contribution < -0.4 is 11.5 Å². The second-order valence-corrected chi connectivity index (χ2v) is 4.85. The fraction of sp³-hybridized carbons (Fsp3) is 0.0714. The number of nitrogens with two attached hydrogens (primary N) is 2. The summed E-state index contributed by atoms with van der Waals surface area (Å²) in [6, 6.07) is 11.7. The van der Waals surface area contributed by atoms with Crippen molar-refractivity contribution in [1.29, 1.82) is 0 Å². The van der Waals surface area contributed by atoms with Crippen molar-refractivity contribution in [3.05, 3.63) is 58.9 Å². The number of pyridine rings is 1. The molecular weight excluding hydrogens is 260 g/mol. The third kappa shape index (κ3) is 2.11. The van der Waals surface area contributed by atoms with Crippen molar-refractivity contribution < 1.29 is 0 Å². The number of hydrogen-bond donors (Lipinski definition) is 2. The van der Waals surface area contributed by atoms with Crippen LogP contribution in [0.25, 0.3) is 5.65 Å². The third-order valence-corrected chi connectivity index (χ3v) is 3.25. The Morgan fingerprint density at radius 3 is 2.63 bits per heavy atom. The zero-order valence-corrected chi connectivity index (χ0v) is 10.9. The predicted molar refractivity (Wildman–Crippen MR) is 78.3 cm³/mol. The van der Waals surface area contributed by atoms with Crippen molar-refractivity contribution >= 4 is 28.8 Å².